The average Bonchev–Trinajstić information content (AvgIpc) is 2.68. The molecule has 4 rings (SSSR count). The van der Waals surface area contributed by atoms with Crippen molar-refractivity contribution < 1.29 is 4.79 Å². The van der Waals surface area contributed by atoms with E-state index in [-0.39, 0.29) is 11.0 Å². The van der Waals surface area contributed by atoms with E-state index < -0.39 is 5.91 Å². The molecule has 4 aromatic rings. The summed E-state index contributed by atoms with van der Waals surface area (Å²) in [7, 11) is 3.90. The van der Waals surface area contributed by atoms with Gasteiger partial charge in [0.15, 0.2) is 0 Å². The summed E-state index contributed by atoms with van der Waals surface area (Å²) in [6.45, 7) is 0. The zero-order valence-electron chi connectivity index (χ0n) is 15.1. The second-order valence-electron chi connectivity index (χ2n) is 6.64. The number of nitrogens with zero attached hydrogens (tertiary/aromatic N) is 1. The lowest BCUT2D eigenvalue weighted by Crippen LogP contribution is -2.22. The number of nitrogens with one attached hydrogen (secondary N) is 2. The normalized spacial score (nSPS) is 10.9. The van der Waals surface area contributed by atoms with Gasteiger partial charge in [0, 0.05) is 42.4 Å². The third-order valence-corrected chi connectivity index (χ3v) is 4.67. The van der Waals surface area contributed by atoms with Gasteiger partial charge in [-0.05, 0) is 35.7 Å². The molecular weight excluding hydrogens is 338 g/mol. The maximum atomic E-state index is 12.9. The highest BCUT2D eigenvalue weighted by molar-refractivity contribution is 6.09. The molecule has 1 heterocycles. The molecule has 0 radical (unpaired) electrons. The second-order valence-corrected chi connectivity index (χ2v) is 6.64. The number of aromatic nitrogens is 1. The minimum Gasteiger partial charge on any atom is -0.378 e. The summed E-state index contributed by atoms with van der Waals surface area (Å²) in [4.78, 5) is 30.6. The van der Waals surface area contributed by atoms with Crippen LogP contribution in [0.1, 0.15) is 10.4 Å². The van der Waals surface area contributed by atoms with Crippen molar-refractivity contribution in [3.8, 4) is 0 Å². The van der Waals surface area contributed by atoms with Gasteiger partial charge in [0.2, 0.25) is 5.43 Å². The van der Waals surface area contributed by atoms with Crippen LogP contribution in [0.3, 0.4) is 0 Å². The van der Waals surface area contributed by atoms with Gasteiger partial charge in [-0.3, -0.25) is 9.59 Å². The highest BCUT2D eigenvalue weighted by atomic mass is 16.2. The zero-order chi connectivity index (χ0) is 19.0. The van der Waals surface area contributed by atoms with E-state index in [0.717, 1.165) is 22.0 Å². The largest absolute Gasteiger partial charge is 0.378 e. The number of pyridine rings is 1. The lowest BCUT2D eigenvalue weighted by molar-refractivity contribution is 0.102. The van der Waals surface area contributed by atoms with E-state index in [1.54, 1.807) is 6.07 Å². The van der Waals surface area contributed by atoms with Crippen LogP contribution in [0.25, 0.3) is 21.7 Å². The van der Waals surface area contributed by atoms with Crippen molar-refractivity contribution >= 4 is 39.0 Å². The molecule has 1 aromatic heterocycles. The Hall–Kier alpha value is -3.60. The van der Waals surface area contributed by atoms with Crippen molar-refractivity contribution in [2.75, 3.05) is 24.3 Å². The van der Waals surface area contributed by atoms with Gasteiger partial charge in [0.25, 0.3) is 5.91 Å². The first-order valence-corrected chi connectivity index (χ1v) is 8.66. The average molecular weight is 357 g/mol. The number of anilines is 2. The monoisotopic (exact) mass is 357 g/mol. The summed E-state index contributed by atoms with van der Waals surface area (Å²) < 4.78 is 0. The summed E-state index contributed by atoms with van der Waals surface area (Å²) in [6, 6.07) is 18.9. The summed E-state index contributed by atoms with van der Waals surface area (Å²) in [5.41, 5.74) is 2.23. The summed E-state index contributed by atoms with van der Waals surface area (Å²) >= 11 is 0. The van der Waals surface area contributed by atoms with Gasteiger partial charge in [-0.1, -0.05) is 30.3 Å². The molecule has 0 aliphatic rings. The van der Waals surface area contributed by atoms with E-state index in [1.165, 1.54) is 6.20 Å². The third kappa shape index (κ3) is 3.04. The third-order valence-electron chi connectivity index (χ3n) is 4.67. The molecular formula is C22H19N3O2. The molecule has 0 unspecified atom stereocenters. The van der Waals surface area contributed by atoms with E-state index >= 15 is 0 Å². The van der Waals surface area contributed by atoms with Gasteiger partial charge >= 0.3 is 0 Å². The van der Waals surface area contributed by atoms with Crippen molar-refractivity contribution in [3.05, 3.63) is 82.6 Å². The van der Waals surface area contributed by atoms with Gasteiger partial charge in [0.05, 0.1) is 5.52 Å². The number of amides is 1. The van der Waals surface area contributed by atoms with Crippen LogP contribution in [0.5, 0.6) is 0 Å². The Kier molecular flexibility index (Phi) is 4.12. The fraction of sp³-hybridized carbons (Fsp3) is 0.0909. The van der Waals surface area contributed by atoms with E-state index in [2.05, 4.69) is 10.3 Å². The van der Waals surface area contributed by atoms with Gasteiger partial charge in [-0.2, -0.15) is 0 Å². The second kappa shape index (κ2) is 6.61. The maximum absolute atomic E-state index is 12.9. The Balaban J connectivity index is 1.71. The molecule has 27 heavy (non-hydrogen) atoms. The first kappa shape index (κ1) is 16.8. The van der Waals surface area contributed by atoms with Gasteiger partial charge < -0.3 is 15.2 Å². The van der Waals surface area contributed by atoms with Crippen LogP contribution < -0.4 is 15.6 Å². The summed E-state index contributed by atoms with van der Waals surface area (Å²) in [5.74, 6) is -0.427. The number of fused-ring (bicyclic) bond motifs is 3. The summed E-state index contributed by atoms with van der Waals surface area (Å²) in [5, 5.41) is 5.29. The molecule has 0 saturated carbocycles. The molecule has 134 valence electrons. The number of benzene rings is 3. The van der Waals surface area contributed by atoms with E-state index in [0.29, 0.717) is 11.1 Å². The fourth-order valence-electron chi connectivity index (χ4n) is 3.18. The number of hydrogen-bond acceptors (Lipinski definition) is 3. The summed E-state index contributed by atoms with van der Waals surface area (Å²) in [6.07, 6.45) is 1.49. The van der Waals surface area contributed by atoms with Gasteiger partial charge in [0.1, 0.15) is 5.56 Å². The van der Waals surface area contributed by atoms with Crippen molar-refractivity contribution in [2.24, 2.45) is 0 Å². The predicted molar refractivity (Wildman–Crippen MR) is 111 cm³/mol. The van der Waals surface area contributed by atoms with Crippen molar-refractivity contribution in [1.82, 2.24) is 4.98 Å². The molecule has 0 aliphatic carbocycles. The molecule has 0 bridgehead atoms. The minimum absolute atomic E-state index is 0.0921. The first-order chi connectivity index (χ1) is 13.0. The SMILES string of the molecule is CN(C)c1ccc(NC(=O)c2c[nH]c3c(ccc4ccccc43)c2=O)cc1. The highest BCUT2D eigenvalue weighted by Crippen LogP contribution is 2.22. The molecule has 0 aliphatic heterocycles. The number of carbonyl (C=O) groups excluding carboxylic acids is 1. The zero-order valence-corrected chi connectivity index (χ0v) is 15.1. The smallest absolute Gasteiger partial charge is 0.261 e. The molecule has 1 amide bonds. The van der Waals surface area contributed by atoms with Crippen LogP contribution in [-0.4, -0.2) is 25.0 Å². The van der Waals surface area contributed by atoms with Crippen molar-refractivity contribution in [3.63, 3.8) is 0 Å². The number of carbonyl (C=O) groups is 1. The lowest BCUT2D eigenvalue weighted by Gasteiger charge is -2.13. The molecule has 3 aromatic carbocycles. The number of aromatic amines is 1. The van der Waals surface area contributed by atoms with Crippen molar-refractivity contribution in [1.29, 1.82) is 0 Å². The van der Waals surface area contributed by atoms with Gasteiger partial charge in [-0.15, -0.1) is 0 Å². The Morgan fingerprint density at radius 3 is 2.41 bits per heavy atom. The van der Waals surface area contributed by atoms with Crippen LogP contribution in [0, 0.1) is 0 Å². The quantitative estimate of drug-likeness (QED) is 0.545. The molecule has 5 nitrogen and oxygen atoms in total. The standard InChI is InChI=1S/C22H19N3O2/c1-25(2)16-10-8-15(9-11-16)24-22(27)19-13-23-20-17-6-4-3-5-14(17)7-12-18(20)21(19)26/h3-13H,1-2H3,(H,23,26)(H,24,27). The van der Waals surface area contributed by atoms with Crippen molar-refractivity contribution in [2.45, 2.75) is 0 Å². The lowest BCUT2D eigenvalue weighted by atomic mass is 10.0. The predicted octanol–water partition coefficient (Wildman–Crippen LogP) is 4.00. The maximum Gasteiger partial charge on any atom is 0.261 e. The Morgan fingerprint density at radius 1 is 0.926 bits per heavy atom. The molecule has 0 spiro atoms. The molecule has 0 atom stereocenters. The number of H-pyrrole nitrogens is 1. The van der Waals surface area contributed by atoms with Crippen LogP contribution >= 0.6 is 0 Å². The van der Waals surface area contributed by atoms with Crippen LogP contribution in [0.15, 0.2) is 71.7 Å². The Bertz CT molecular complexity index is 1210. The Labute approximate surface area is 156 Å². The van der Waals surface area contributed by atoms with Crippen LogP contribution in [0.4, 0.5) is 11.4 Å². The minimum atomic E-state index is -0.427. The molecule has 2 N–H and O–H groups in total. The van der Waals surface area contributed by atoms with Crippen LogP contribution in [-0.2, 0) is 0 Å². The van der Waals surface area contributed by atoms with E-state index in [4.69, 9.17) is 0 Å². The molecule has 0 fully saturated rings. The Morgan fingerprint density at radius 2 is 1.67 bits per heavy atom. The fourth-order valence-corrected chi connectivity index (χ4v) is 3.18. The first-order valence-electron chi connectivity index (χ1n) is 8.66. The highest BCUT2D eigenvalue weighted by Gasteiger charge is 2.14. The van der Waals surface area contributed by atoms with Gasteiger partial charge in [-0.25, -0.2) is 0 Å². The topological polar surface area (TPSA) is 65.2 Å². The van der Waals surface area contributed by atoms with Crippen LogP contribution in [0.2, 0.25) is 0 Å². The number of hydrogen-bond donors (Lipinski definition) is 2. The van der Waals surface area contributed by atoms with E-state index in [1.807, 2.05) is 73.6 Å². The van der Waals surface area contributed by atoms with E-state index in [9.17, 15) is 9.59 Å². The molecule has 0 saturated heterocycles. The number of rotatable bonds is 3. The molecule has 5 heteroatoms.